The Morgan fingerprint density at radius 1 is 1.22 bits per heavy atom. The number of benzene rings is 2. The van der Waals surface area contributed by atoms with Crippen molar-refractivity contribution in [2.45, 2.75) is 31.6 Å². The highest BCUT2D eigenvalue weighted by atomic mass is 16.5. The molecule has 8 nitrogen and oxygen atoms in total. The summed E-state index contributed by atoms with van der Waals surface area (Å²) in [6, 6.07) is 17.6. The van der Waals surface area contributed by atoms with Gasteiger partial charge in [0, 0.05) is 44.9 Å². The fraction of sp³-hybridized carbons (Fsp3) is 0.414. The first kappa shape index (κ1) is 26.9. The molecule has 198 valence electrons. The molecule has 0 bridgehead atoms. The maximum absolute atomic E-state index is 10.7. The lowest BCUT2D eigenvalue weighted by molar-refractivity contribution is 0.00844. The Morgan fingerprint density at radius 2 is 2.03 bits per heavy atom. The quantitative estimate of drug-likeness (QED) is 0.255. The summed E-state index contributed by atoms with van der Waals surface area (Å²) in [5.41, 5.74) is 2.78. The molecule has 0 aliphatic carbocycles. The average molecular weight is 508 g/mol. The Kier molecular flexibility index (Phi) is 9.73. The summed E-state index contributed by atoms with van der Waals surface area (Å²) in [6.07, 6.45) is 3.21. The van der Waals surface area contributed by atoms with E-state index < -0.39 is 6.10 Å². The van der Waals surface area contributed by atoms with Crippen LogP contribution in [0.5, 0.6) is 17.4 Å². The Bertz CT molecular complexity index is 1130. The van der Waals surface area contributed by atoms with Crippen LogP contribution in [0.4, 0.5) is 0 Å². The molecule has 37 heavy (non-hydrogen) atoms. The number of hydrogen-bond donors (Lipinski definition) is 1. The van der Waals surface area contributed by atoms with Crippen molar-refractivity contribution in [2.24, 2.45) is 7.05 Å². The summed E-state index contributed by atoms with van der Waals surface area (Å²) < 4.78 is 25.0. The lowest BCUT2D eigenvalue weighted by Gasteiger charge is -2.27. The zero-order valence-corrected chi connectivity index (χ0v) is 21.7. The molecule has 0 amide bonds. The average Bonchev–Trinajstić information content (AvgIpc) is 3.53. The second-order valence-electron chi connectivity index (χ2n) is 9.21. The summed E-state index contributed by atoms with van der Waals surface area (Å²) in [6.45, 7) is 6.74. The van der Waals surface area contributed by atoms with Crippen molar-refractivity contribution in [3.8, 4) is 28.6 Å². The van der Waals surface area contributed by atoms with Gasteiger partial charge < -0.3 is 24.1 Å². The van der Waals surface area contributed by atoms with Crippen molar-refractivity contribution in [2.75, 3.05) is 40.0 Å². The van der Waals surface area contributed by atoms with Crippen molar-refractivity contribution < 1.29 is 24.1 Å². The highest BCUT2D eigenvalue weighted by Gasteiger charge is 2.26. The lowest BCUT2D eigenvalue weighted by atomic mass is 10.1. The molecule has 0 spiro atoms. The zero-order valence-electron chi connectivity index (χ0n) is 21.7. The van der Waals surface area contributed by atoms with Gasteiger partial charge in [-0.3, -0.25) is 4.90 Å². The van der Waals surface area contributed by atoms with Crippen LogP contribution in [0.15, 0.2) is 67.3 Å². The zero-order chi connectivity index (χ0) is 26.0. The molecular formula is C29H37N3O5. The predicted octanol–water partition coefficient (Wildman–Crippen LogP) is 4.43. The molecule has 1 aliphatic rings. The molecule has 4 rings (SSSR count). The Labute approximate surface area is 219 Å². The van der Waals surface area contributed by atoms with Crippen LogP contribution < -0.4 is 9.47 Å². The van der Waals surface area contributed by atoms with E-state index in [4.69, 9.17) is 24.0 Å². The Morgan fingerprint density at radius 3 is 2.76 bits per heavy atom. The number of ether oxygens (including phenoxy) is 4. The molecule has 0 saturated carbocycles. The van der Waals surface area contributed by atoms with Crippen molar-refractivity contribution >= 4 is 0 Å². The van der Waals surface area contributed by atoms with E-state index in [1.54, 1.807) is 17.9 Å². The van der Waals surface area contributed by atoms with Gasteiger partial charge >= 0.3 is 0 Å². The van der Waals surface area contributed by atoms with Gasteiger partial charge in [-0.2, -0.15) is 5.10 Å². The van der Waals surface area contributed by atoms with E-state index in [-0.39, 0.29) is 12.7 Å². The van der Waals surface area contributed by atoms with Gasteiger partial charge in [-0.1, -0.05) is 42.5 Å². The van der Waals surface area contributed by atoms with E-state index in [1.807, 2.05) is 61.6 Å². The molecule has 8 heteroatoms. The van der Waals surface area contributed by atoms with Gasteiger partial charge in [0.05, 0.1) is 38.1 Å². The topological polar surface area (TPSA) is 78.2 Å². The molecule has 3 aromatic rings. The van der Waals surface area contributed by atoms with E-state index in [2.05, 4.69) is 11.5 Å². The van der Waals surface area contributed by atoms with E-state index in [1.165, 1.54) is 0 Å². The van der Waals surface area contributed by atoms with E-state index >= 15 is 0 Å². The number of aliphatic hydroxyl groups excluding tert-OH is 1. The molecule has 1 saturated heterocycles. The third kappa shape index (κ3) is 7.42. The van der Waals surface area contributed by atoms with Crippen molar-refractivity contribution in [1.29, 1.82) is 0 Å². The fourth-order valence-corrected chi connectivity index (χ4v) is 4.57. The number of hydrogen-bond acceptors (Lipinski definition) is 7. The van der Waals surface area contributed by atoms with Crippen molar-refractivity contribution in [1.82, 2.24) is 14.7 Å². The highest BCUT2D eigenvalue weighted by Crippen LogP contribution is 2.35. The molecule has 1 N–H and O–H groups in total. The van der Waals surface area contributed by atoms with Crippen LogP contribution in [0.1, 0.15) is 18.4 Å². The van der Waals surface area contributed by atoms with Gasteiger partial charge in [-0.25, -0.2) is 4.68 Å². The molecule has 1 aromatic heterocycles. The van der Waals surface area contributed by atoms with Crippen LogP contribution >= 0.6 is 0 Å². The minimum absolute atomic E-state index is 0.126. The summed E-state index contributed by atoms with van der Waals surface area (Å²) >= 11 is 0. The first-order chi connectivity index (χ1) is 18.1. The Balaban J connectivity index is 1.66. The first-order valence-electron chi connectivity index (χ1n) is 12.7. The first-order valence-corrected chi connectivity index (χ1v) is 12.7. The minimum Gasteiger partial charge on any atom is -0.497 e. The molecule has 1 fully saturated rings. The number of methoxy groups -OCH3 is 1. The molecular weight excluding hydrogens is 470 g/mol. The van der Waals surface area contributed by atoms with Gasteiger partial charge in [0.15, 0.2) is 0 Å². The largest absolute Gasteiger partial charge is 0.497 e. The molecule has 0 radical (unpaired) electrons. The number of rotatable bonds is 14. The second kappa shape index (κ2) is 13.4. The summed E-state index contributed by atoms with van der Waals surface area (Å²) in [5.74, 6) is 2.01. The van der Waals surface area contributed by atoms with Crippen molar-refractivity contribution in [3.05, 3.63) is 72.8 Å². The van der Waals surface area contributed by atoms with Crippen LogP contribution in [-0.2, 0) is 23.1 Å². The van der Waals surface area contributed by atoms with Gasteiger partial charge in [0.1, 0.15) is 17.2 Å². The van der Waals surface area contributed by atoms with E-state index in [0.717, 1.165) is 36.3 Å². The number of aromatic nitrogens is 2. The lowest BCUT2D eigenvalue weighted by Crippen LogP contribution is -2.39. The third-order valence-corrected chi connectivity index (χ3v) is 6.27. The molecule has 2 aromatic carbocycles. The number of aliphatic hydroxyl groups is 1. The van der Waals surface area contributed by atoms with E-state index in [0.29, 0.717) is 43.6 Å². The minimum atomic E-state index is -0.652. The van der Waals surface area contributed by atoms with Gasteiger partial charge in [-0.15, -0.1) is 6.58 Å². The summed E-state index contributed by atoms with van der Waals surface area (Å²) in [5, 5.41) is 15.6. The maximum Gasteiger partial charge on any atom is 0.222 e. The van der Waals surface area contributed by atoms with Crippen molar-refractivity contribution in [3.63, 3.8) is 0 Å². The van der Waals surface area contributed by atoms with Crippen LogP contribution in [0.25, 0.3) is 11.3 Å². The smallest absolute Gasteiger partial charge is 0.222 e. The normalized spacial score (nSPS) is 16.2. The maximum atomic E-state index is 10.7. The SMILES string of the molecule is C=CCOC[C@@H](O)CN(Cc1c(-c2ccccc2)nn(C)c1Oc1cccc(OC)c1)C[C@@H]1CCCO1. The highest BCUT2D eigenvalue weighted by molar-refractivity contribution is 5.65. The molecule has 1 aliphatic heterocycles. The molecule has 2 atom stereocenters. The number of nitrogens with zero attached hydrogens (tertiary/aromatic N) is 3. The molecule has 2 heterocycles. The van der Waals surface area contributed by atoms with Crippen LogP contribution in [0.2, 0.25) is 0 Å². The van der Waals surface area contributed by atoms with Gasteiger partial charge in [-0.05, 0) is 25.0 Å². The fourth-order valence-electron chi connectivity index (χ4n) is 4.57. The van der Waals surface area contributed by atoms with Crippen LogP contribution in [0.3, 0.4) is 0 Å². The number of aryl methyl sites for hydroxylation is 1. The standard InChI is InChI=1S/C29H37N3O5/c1-4-15-35-21-23(33)18-32(19-26-14-9-16-36-26)20-27-28(22-10-6-5-7-11-22)30-31(2)29(27)37-25-13-8-12-24(17-25)34-3/h4-8,10-13,17,23,26,33H,1,9,14-16,18-21H2,2-3H3/t23-,26-/m0/s1. The second-order valence-corrected chi connectivity index (χ2v) is 9.21. The monoisotopic (exact) mass is 507 g/mol. The summed E-state index contributed by atoms with van der Waals surface area (Å²) in [4.78, 5) is 2.21. The Hall–Kier alpha value is -3.17. The van der Waals surface area contributed by atoms with Gasteiger partial charge in [0.25, 0.3) is 0 Å². The predicted molar refractivity (Wildman–Crippen MR) is 143 cm³/mol. The third-order valence-electron chi connectivity index (χ3n) is 6.27. The van der Waals surface area contributed by atoms with Gasteiger partial charge in [0.2, 0.25) is 5.88 Å². The molecule has 0 unspecified atom stereocenters. The van der Waals surface area contributed by atoms with Crippen LogP contribution in [0, 0.1) is 0 Å². The van der Waals surface area contributed by atoms with E-state index in [9.17, 15) is 5.11 Å². The summed E-state index contributed by atoms with van der Waals surface area (Å²) in [7, 11) is 3.52. The van der Waals surface area contributed by atoms with Crippen LogP contribution in [-0.4, -0.2) is 72.0 Å².